The maximum atomic E-state index is 13.6. The number of alkyl halides is 5. The molecule has 1 aliphatic rings. The summed E-state index contributed by atoms with van der Waals surface area (Å²) in [6.07, 6.45) is -8.05. The van der Waals surface area contributed by atoms with E-state index in [-0.39, 0.29) is 29.2 Å². The number of hydrogen-bond donors (Lipinski definition) is 2. The van der Waals surface area contributed by atoms with Crippen molar-refractivity contribution in [1.82, 2.24) is 0 Å². The van der Waals surface area contributed by atoms with E-state index in [2.05, 4.69) is 4.99 Å². The van der Waals surface area contributed by atoms with E-state index in [0.29, 0.717) is 22.1 Å². The minimum absolute atomic E-state index is 0.122. The largest absolute Gasteiger partial charge is 0.416 e. The van der Waals surface area contributed by atoms with Crippen molar-refractivity contribution in [2.45, 2.75) is 46.2 Å². The molecule has 0 radical (unpaired) electrons. The first-order valence-corrected chi connectivity index (χ1v) is 10.5. The third-order valence-corrected chi connectivity index (χ3v) is 5.24. The molecule has 0 aromatic heterocycles. The summed E-state index contributed by atoms with van der Waals surface area (Å²) in [5.41, 5.74) is 7.11. The zero-order chi connectivity index (χ0) is 24.5. The summed E-state index contributed by atoms with van der Waals surface area (Å²) in [4.78, 5) is 4.02. The number of nitrogens with zero attached hydrogens (tertiary/aromatic N) is 1. The van der Waals surface area contributed by atoms with E-state index in [1.807, 2.05) is 45.0 Å². The summed E-state index contributed by atoms with van der Waals surface area (Å²) in [7, 11) is 0. The van der Waals surface area contributed by atoms with E-state index in [0.717, 1.165) is 23.1 Å². The van der Waals surface area contributed by atoms with Gasteiger partial charge in [-0.2, -0.15) is 13.2 Å². The zero-order valence-electron chi connectivity index (χ0n) is 18.4. The van der Waals surface area contributed by atoms with E-state index in [1.54, 1.807) is 0 Å². The second kappa shape index (κ2) is 9.29. The molecule has 0 aliphatic carbocycles. The molecule has 3 aromatic rings. The van der Waals surface area contributed by atoms with Crippen molar-refractivity contribution in [1.29, 1.82) is 5.41 Å². The Balaban J connectivity index is 0.00000149. The van der Waals surface area contributed by atoms with E-state index in [9.17, 15) is 22.0 Å². The Morgan fingerprint density at radius 3 is 2.36 bits per heavy atom. The number of nitrogens with one attached hydrogen (secondary N) is 1. The third-order valence-electron chi connectivity index (χ3n) is 5.24. The van der Waals surface area contributed by atoms with Crippen LogP contribution in [0.1, 0.15) is 41.7 Å². The quantitative estimate of drug-likeness (QED) is 0.409. The van der Waals surface area contributed by atoms with Gasteiger partial charge < -0.3 is 5.73 Å². The van der Waals surface area contributed by atoms with Crippen molar-refractivity contribution in [3.63, 3.8) is 0 Å². The van der Waals surface area contributed by atoms with Gasteiger partial charge in [-0.25, -0.2) is 13.8 Å². The van der Waals surface area contributed by atoms with Crippen LogP contribution >= 0.6 is 0 Å². The number of aliphatic imine (C=N–C) groups is 1. The Morgan fingerprint density at radius 2 is 1.73 bits per heavy atom. The van der Waals surface area contributed by atoms with Crippen molar-refractivity contribution in [3.8, 4) is 11.1 Å². The van der Waals surface area contributed by atoms with Crippen LogP contribution in [0, 0.1) is 12.3 Å². The fourth-order valence-corrected chi connectivity index (χ4v) is 4.01. The molecule has 174 valence electrons. The van der Waals surface area contributed by atoms with Crippen molar-refractivity contribution >= 4 is 22.4 Å². The van der Waals surface area contributed by atoms with Gasteiger partial charge in [-0.3, -0.25) is 5.41 Å². The van der Waals surface area contributed by atoms with Gasteiger partial charge in [0.15, 0.2) is 5.84 Å². The number of fused-ring (bicyclic) bond motifs is 2. The molecule has 4 rings (SSSR count). The molecular formula is C25H24F5N3. The van der Waals surface area contributed by atoms with Crippen LogP contribution in [-0.4, -0.2) is 18.1 Å². The van der Waals surface area contributed by atoms with Crippen LogP contribution in [-0.2, 0) is 19.0 Å². The third kappa shape index (κ3) is 5.05. The lowest BCUT2D eigenvalue weighted by atomic mass is 9.85. The number of benzene rings is 3. The summed E-state index contributed by atoms with van der Waals surface area (Å²) in [5.74, 6) is 0.0716. The molecule has 3 N–H and O–H groups in total. The summed E-state index contributed by atoms with van der Waals surface area (Å²) < 4.78 is 66.8. The highest BCUT2D eigenvalue weighted by Crippen LogP contribution is 2.40. The van der Waals surface area contributed by atoms with Gasteiger partial charge >= 0.3 is 6.18 Å². The van der Waals surface area contributed by atoms with Gasteiger partial charge in [-0.1, -0.05) is 43.7 Å². The molecule has 3 aromatic carbocycles. The van der Waals surface area contributed by atoms with Crippen molar-refractivity contribution in [3.05, 3.63) is 70.3 Å². The smallest absolute Gasteiger partial charge is 0.387 e. The number of rotatable bonds is 3. The highest BCUT2D eigenvalue weighted by atomic mass is 19.4. The summed E-state index contributed by atoms with van der Waals surface area (Å²) in [6, 6.07) is 10.4. The van der Waals surface area contributed by atoms with Gasteiger partial charge in [0, 0.05) is 24.0 Å². The molecule has 0 saturated carbocycles. The first-order valence-electron chi connectivity index (χ1n) is 10.5. The first-order chi connectivity index (χ1) is 15.5. The highest BCUT2D eigenvalue weighted by Gasteiger charge is 2.32. The van der Waals surface area contributed by atoms with Crippen LogP contribution in [0.5, 0.6) is 0 Å². The standard InChI is InChI=1S/C23H18F5N3.C2H6/c1-11-2-3-13-8-15-10-19(29)31-22(30)21(15)20(17(13)4-11)14-5-12(7-18(24)25)6-16(9-14)23(26,27)28;1-2/h2-6,8-9,18H,7,10H2,1H3,(H3,29,30,31);1-2H3. The van der Waals surface area contributed by atoms with Gasteiger partial charge in [-0.05, 0) is 52.6 Å². The highest BCUT2D eigenvalue weighted by molar-refractivity contribution is 6.17. The van der Waals surface area contributed by atoms with Gasteiger partial charge in [-0.15, -0.1) is 0 Å². The molecule has 0 unspecified atom stereocenters. The maximum Gasteiger partial charge on any atom is 0.416 e. The predicted octanol–water partition coefficient (Wildman–Crippen LogP) is 6.91. The van der Waals surface area contributed by atoms with Crippen LogP contribution in [0.2, 0.25) is 0 Å². The Labute approximate surface area is 188 Å². The van der Waals surface area contributed by atoms with Gasteiger partial charge in [0.2, 0.25) is 6.43 Å². The van der Waals surface area contributed by atoms with E-state index >= 15 is 0 Å². The van der Waals surface area contributed by atoms with Crippen LogP contribution in [0.4, 0.5) is 22.0 Å². The lowest BCUT2D eigenvalue weighted by Gasteiger charge is -2.22. The molecule has 0 bridgehead atoms. The SMILES string of the molecule is CC.Cc1ccc2cc3c(c(-c4cc(CC(F)F)cc(C(F)(F)F)c4)c2c1)C(=N)N=C(N)C3. The molecule has 0 amide bonds. The van der Waals surface area contributed by atoms with Crippen LogP contribution in [0.15, 0.2) is 47.5 Å². The lowest BCUT2D eigenvalue weighted by molar-refractivity contribution is -0.137. The number of nitrogens with two attached hydrogens (primary N) is 1. The van der Waals surface area contributed by atoms with E-state index < -0.39 is 24.6 Å². The first kappa shape index (κ1) is 24.4. The summed E-state index contributed by atoms with van der Waals surface area (Å²) in [5, 5.41) is 9.74. The van der Waals surface area contributed by atoms with Gasteiger partial charge in [0.25, 0.3) is 0 Å². The van der Waals surface area contributed by atoms with E-state index in [1.165, 1.54) is 6.07 Å². The zero-order valence-corrected chi connectivity index (χ0v) is 18.4. The number of amidine groups is 2. The fraction of sp³-hybridized carbons (Fsp3) is 0.280. The predicted molar refractivity (Wildman–Crippen MR) is 122 cm³/mol. The maximum absolute atomic E-state index is 13.6. The molecule has 1 heterocycles. The number of halogens is 5. The average molecular weight is 461 g/mol. The molecule has 8 heteroatoms. The molecule has 0 fully saturated rings. The van der Waals surface area contributed by atoms with Crippen LogP contribution in [0.3, 0.4) is 0 Å². The fourth-order valence-electron chi connectivity index (χ4n) is 4.01. The van der Waals surface area contributed by atoms with Crippen LogP contribution in [0.25, 0.3) is 21.9 Å². The van der Waals surface area contributed by atoms with Crippen molar-refractivity contribution in [2.24, 2.45) is 10.7 Å². The molecule has 0 saturated heterocycles. The summed E-state index contributed by atoms with van der Waals surface area (Å²) in [6.45, 7) is 5.85. The number of aryl methyl sites for hydroxylation is 1. The number of hydrogen-bond acceptors (Lipinski definition) is 2. The second-order valence-corrected chi connectivity index (χ2v) is 7.65. The minimum Gasteiger partial charge on any atom is -0.387 e. The Hall–Kier alpha value is -3.29. The molecule has 1 aliphatic heterocycles. The summed E-state index contributed by atoms with van der Waals surface area (Å²) >= 11 is 0. The molecular weight excluding hydrogens is 437 g/mol. The van der Waals surface area contributed by atoms with E-state index in [4.69, 9.17) is 11.1 Å². The van der Waals surface area contributed by atoms with Crippen molar-refractivity contribution in [2.75, 3.05) is 0 Å². The van der Waals surface area contributed by atoms with Gasteiger partial charge in [0.1, 0.15) is 5.84 Å². The van der Waals surface area contributed by atoms with Crippen molar-refractivity contribution < 1.29 is 22.0 Å². The normalized spacial score (nSPS) is 13.5. The average Bonchev–Trinajstić information content (AvgIpc) is 2.72. The topological polar surface area (TPSA) is 62.2 Å². The molecule has 0 spiro atoms. The molecule has 33 heavy (non-hydrogen) atoms. The molecule has 3 nitrogen and oxygen atoms in total. The Kier molecular flexibility index (Phi) is 6.86. The Morgan fingerprint density at radius 1 is 1.03 bits per heavy atom. The lowest BCUT2D eigenvalue weighted by Crippen LogP contribution is -2.24. The second-order valence-electron chi connectivity index (χ2n) is 7.65. The van der Waals surface area contributed by atoms with Crippen LogP contribution < -0.4 is 5.73 Å². The van der Waals surface area contributed by atoms with Gasteiger partial charge in [0.05, 0.1) is 5.56 Å². The molecule has 0 atom stereocenters. The minimum atomic E-state index is -4.70. The Bertz CT molecular complexity index is 1240. The monoisotopic (exact) mass is 461 g/mol.